The van der Waals surface area contributed by atoms with Crippen LogP contribution in [0.1, 0.15) is 10.5 Å². The Morgan fingerprint density at radius 2 is 2.11 bits per heavy atom. The van der Waals surface area contributed by atoms with E-state index in [9.17, 15) is 4.79 Å². The van der Waals surface area contributed by atoms with Gasteiger partial charge in [0.2, 0.25) is 0 Å². The van der Waals surface area contributed by atoms with Crippen molar-refractivity contribution in [3.63, 3.8) is 0 Å². The third-order valence-corrected chi connectivity index (χ3v) is 6.42. The van der Waals surface area contributed by atoms with Gasteiger partial charge in [-0.3, -0.25) is 0 Å². The number of nitrogens with one attached hydrogen (secondary N) is 1. The zero-order chi connectivity index (χ0) is 19.6. The van der Waals surface area contributed by atoms with Crippen molar-refractivity contribution < 1.29 is 14.3 Å². The molecule has 144 valence electrons. The van der Waals surface area contributed by atoms with Gasteiger partial charge in [-0.15, -0.1) is 0 Å². The van der Waals surface area contributed by atoms with Crippen LogP contribution in [0.2, 0.25) is 25.7 Å². The van der Waals surface area contributed by atoms with Crippen molar-refractivity contribution in [1.82, 2.24) is 19.7 Å². The maximum Gasteiger partial charge on any atom is 0.354 e. The summed E-state index contributed by atoms with van der Waals surface area (Å²) in [5, 5.41) is 5.62. The number of rotatable bonds is 7. The molecular weight excluding hydrogens is 475 g/mol. The molecule has 3 heterocycles. The van der Waals surface area contributed by atoms with E-state index in [4.69, 9.17) is 14.6 Å². The zero-order valence-corrected chi connectivity index (χ0v) is 19.0. The third kappa shape index (κ3) is 4.77. The first-order valence-electron chi connectivity index (χ1n) is 8.65. The van der Waals surface area contributed by atoms with Crippen molar-refractivity contribution in [3.8, 4) is 11.3 Å². The Labute approximate surface area is 172 Å². The topological polar surface area (TPSA) is 82.0 Å². The van der Waals surface area contributed by atoms with E-state index in [-0.39, 0.29) is 0 Å². The summed E-state index contributed by atoms with van der Waals surface area (Å²) in [5.41, 5.74) is 2.72. The molecule has 0 fully saturated rings. The lowest BCUT2D eigenvalue weighted by atomic mass is 10.1. The highest BCUT2D eigenvalue weighted by Gasteiger charge is 2.18. The normalized spacial score (nSPS) is 11.9. The summed E-state index contributed by atoms with van der Waals surface area (Å²) in [6.45, 7) is 8.04. The van der Waals surface area contributed by atoms with Crippen LogP contribution in [0.15, 0.2) is 24.5 Å². The minimum atomic E-state index is -1.13. The number of hydrogen-bond acceptors (Lipinski definition) is 5. The highest BCUT2D eigenvalue weighted by atomic mass is 127. The molecule has 0 saturated carbocycles. The first-order valence-corrected chi connectivity index (χ1v) is 13.4. The fourth-order valence-electron chi connectivity index (χ4n) is 2.63. The lowest BCUT2D eigenvalue weighted by Crippen LogP contribution is -2.22. The Morgan fingerprint density at radius 3 is 2.81 bits per heavy atom. The van der Waals surface area contributed by atoms with E-state index < -0.39 is 14.0 Å². The molecule has 9 heteroatoms. The van der Waals surface area contributed by atoms with Crippen molar-refractivity contribution in [3.05, 3.63) is 33.8 Å². The first kappa shape index (κ1) is 20.0. The number of H-pyrrole nitrogens is 1. The summed E-state index contributed by atoms with van der Waals surface area (Å²) in [5.74, 6) is -0.410. The lowest BCUT2D eigenvalue weighted by molar-refractivity contribution is 0.0595. The predicted octanol–water partition coefficient (Wildman–Crippen LogP) is 4.13. The molecule has 0 aliphatic rings. The average molecular weight is 498 g/mol. The Kier molecular flexibility index (Phi) is 6.01. The molecule has 0 aliphatic heterocycles. The van der Waals surface area contributed by atoms with Crippen molar-refractivity contribution in [1.29, 1.82) is 0 Å². The second-order valence-electron chi connectivity index (χ2n) is 7.51. The van der Waals surface area contributed by atoms with Gasteiger partial charge in [0, 0.05) is 41.6 Å². The van der Waals surface area contributed by atoms with Gasteiger partial charge in [-0.25, -0.2) is 14.5 Å². The van der Waals surface area contributed by atoms with Crippen molar-refractivity contribution in [2.75, 3.05) is 13.7 Å². The molecule has 0 amide bonds. The number of carbonyl (C=O) groups is 1. The molecule has 7 nitrogen and oxygen atoms in total. The van der Waals surface area contributed by atoms with Gasteiger partial charge in [0.25, 0.3) is 0 Å². The number of fused-ring (bicyclic) bond motifs is 1. The molecule has 0 saturated heterocycles. The molecule has 0 aliphatic carbocycles. The van der Waals surface area contributed by atoms with E-state index in [1.165, 1.54) is 7.11 Å². The van der Waals surface area contributed by atoms with Crippen LogP contribution in [0.3, 0.4) is 0 Å². The van der Waals surface area contributed by atoms with Gasteiger partial charge in [0.05, 0.1) is 7.11 Å². The third-order valence-electron chi connectivity index (χ3n) is 4.13. The Hall–Kier alpha value is -1.72. The molecule has 3 rings (SSSR count). The van der Waals surface area contributed by atoms with Crippen molar-refractivity contribution in [2.24, 2.45) is 0 Å². The van der Waals surface area contributed by atoms with Crippen LogP contribution in [-0.4, -0.2) is 47.5 Å². The van der Waals surface area contributed by atoms with Crippen LogP contribution in [-0.2, 0) is 16.2 Å². The zero-order valence-electron chi connectivity index (χ0n) is 15.9. The second kappa shape index (κ2) is 8.11. The molecular formula is C18H23IN4O3Si. The van der Waals surface area contributed by atoms with Crippen molar-refractivity contribution >= 4 is 47.7 Å². The number of nitrogens with zero attached hydrogens (tertiary/aromatic N) is 3. The van der Waals surface area contributed by atoms with Gasteiger partial charge < -0.3 is 14.5 Å². The Balaban J connectivity index is 1.90. The summed E-state index contributed by atoms with van der Waals surface area (Å²) in [6.07, 6.45) is 3.56. The second-order valence-corrected chi connectivity index (χ2v) is 14.4. The fourth-order valence-corrected chi connectivity index (χ4v) is 3.83. The van der Waals surface area contributed by atoms with Crippen LogP contribution >= 0.6 is 22.6 Å². The summed E-state index contributed by atoms with van der Waals surface area (Å²) >= 11 is 2.23. The molecule has 27 heavy (non-hydrogen) atoms. The number of esters is 1. The number of methoxy groups -OCH3 is 1. The van der Waals surface area contributed by atoms with Gasteiger partial charge in [0.1, 0.15) is 18.1 Å². The highest BCUT2D eigenvalue weighted by molar-refractivity contribution is 14.1. The summed E-state index contributed by atoms with van der Waals surface area (Å²) < 4.78 is 13.4. The van der Waals surface area contributed by atoms with E-state index in [1.807, 2.05) is 12.3 Å². The largest absolute Gasteiger partial charge is 0.464 e. The van der Waals surface area contributed by atoms with Gasteiger partial charge in [-0.1, -0.05) is 19.6 Å². The molecule has 3 aromatic heterocycles. The molecule has 0 atom stereocenters. The number of aromatic nitrogens is 4. The summed E-state index contributed by atoms with van der Waals surface area (Å²) in [6, 6.07) is 4.88. The minimum Gasteiger partial charge on any atom is -0.464 e. The molecule has 0 bridgehead atoms. The van der Waals surface area contributed by atoms with E-state index in [1.54, 1.807) is 16.9 Å². The molecule has 0 aromatic carbocycles. The number of carbonyl (C=O) groups excluding carboxylic acids is 1. The Morgan fingerprint density at radius 1 is 1.33 bits per heavy atom. The van der Waals surface area contributed by atoms with E-state index >= 15 is 0 Å². The highest BCUT2D eigenvalue weighted by Crippen LogP contribution is 2.29. The maximum atomic E-state index is 11.7. The smallest absolute Gasteiger partial charge is 0.354 e. The van der Waals surface area contributed by atoms with Gasteiger partial charge in [-0.05, 0) is 40.8 Å². The average Bonchev–Trinajstić information content (AvgIpc) is 3.22. The predicted molar refractivity (Wildman–Crippen MR) is 115 cm³/mol. The maximum absolute atomic E-state index is 11.7. The van der Waals surface area contributed by atoms with Gasteiger partial charge >= 0.3 is 5.97 Å². The van der Waals surface area contributed by atoms with Gasteiger partial charge in [-0.2, -0.15) is 5.10 Å². The SMILES string of the molecule is COC(=O)c1cc(-c2nn(COCC[Si](C)(C)C)c3ncc(I)cc23)c[nH]1. The minimum absolute atomic E-state index is 0.350. The molecule has 3 aromatic rings. The molecule has 0 unspecified atom stereocenters. The quantitative estimate of drug-likeness (QED) is 0.229. The first-order chi connectivity index (χ1) is 12.8. The summed E-state index contributed by atoms with van der Waals surface area (Å²) in [4.78, 5) is 19.2. The number of halogens is 1. The van der Waals surface area contributed by atoms with Crippen LogP contribution in [0, 0.1) is 3.57 Å². The molecule has 0 radical (unpaired) electrons. The lowest BCUT2D eigenvalue weighted by Gasteiger charge is -2.15. The standard InChI is InChI=1S/C18H23IN4O3Si/c1-25-18(24)15-7-12(9-20-15)16-14-8-13(19)10-21-17(14)23(22-16)11-26-5-6-27(2,3)4/h7-10,20H,5-6,11H2,1-4H3. The van der Waals surface area contributed by atoms with E-state index in [0.717, 1.165) is 31.9 Å². The fraction of sp³-hybridized carbons (Fsp3) is 0.389. The van der Waals surface area contributed by atoms with Gasteiger partial charge in [0.15, 0.2) is 5.65 Å². The summed E-state index contributed by atoms with van der Waals surface area (Å²) in [7, 11) is 0.223. The van der Waals surface area contributed by atoms with E-state index in [2.05, 4.69) is 52.2 Å². The van der Waals surface area contributed by atoms with Crippen LogP contribution in [0.25, 0.3) is 22.3 Å². The monoisotopic (exact) mass is 498 g/mol. The molecule has 0 spiro atoms. The number of aromatic amines is 1. The molecule has 1 N–H and O–H groups in total. The Bertz CT molecular complexity index is 961. The van der Waals surface area contributed by atoms with Crippen LogP contribution < -0.4 is 0 Å². The van der Waals surface area contributed by atoms with Crippen LogP contribution in [0.5, 0.6) is 0 Å². The van der Waals surface area contributed by atoms with Crippen molar-refractivity contribution in [2.45, 2.75) is 32.4 Å². The van der Waals surface area contributed by atoms with Crippen LogP contribution in [0.4, 0.5) is 0 Å². The number of hydrogen-bond donors (Lipinski definition) is 1. The number of ether oxygens (including phenoxy) is 2. The van der Waals surface area contributed by atoms with E-state index in [0.29, 0.717) is 19.0 Å². The number of pyridine rings is 1.